The fraction of sp³-hybridized carbons (Fsp3) is 0.889. The molecule has 2 unspecified atom stereocenters. The lowest BCUT2D eigenvalue weighted by Gasteiger charge is -2.23. The van der Waals surface area contributed by atoms with Crippen LogP contribution in [-0.4, -0.2) is 11.1 Å². The van der Waals surface area contributed by atoms with Gasteiger partial charge in [-0.3, -0.25) is 0 Å². The monoisotopic (exact) mass is 304 g/mol. The SMILES string of the molecule is CCCCCC(C#N)(CC)/N=N/C(C#N)(CC)CCCCC. The summed E-state index contributed by atoms with van der Waals surface area (Å²) >= 11 is 0. The second-order valence-electron chi connectivity index (χ2n) is 6.11. The Labute approximate surface area is 136 Å². The minimum absolute atomic E-state index is 0.650. The van der Waals surface area contributed by atoms with Gasteiger partial charge in [-0.1, -0.05) is 53.4 Å². The van der Waals surface area contributed by atoms with Gasteiger partial charge in [-0.2, -0.15) is 20.8 Å². The maximum atomic E-state index is 9.55. The Morgan fingerprint density at radius 2 is 1.05 bits per heavy atom. The smallest absolute Gasteiger partial charge is 0.167 e. The molecule has 0 rings (SSSR count). The molecular formula is C18H32N4. The number of unbranched alkanes of at least 4 members (excludes halogenated alkanes) is 4. The van der Waals surface area contributed by atoms with Gasteiger partial charge in [0.05, 0.1) is 12.1 Å². The van der Waals surface area contributed by atoms with Crippen molar-refractivity contribution in [2.24, 2.45) is 10.2 Å². The Balaban J connectivity index is 5.07. The molecule has 0 spiro atoms. The molecule has 0 bridgehead atoms. The molecule has 0 saturated heterocycles. The van der Waals surface area contributed by atoms with E-state index in [0.717, 1.165) is 51.4 Å². The fourth-order valence-electron chi connectivity index (χ4n) is 2.44. The van der Waals surface area contributed by atoms with Crippen molar-refractivity contribution < 1.29 is 0 Å². The zero-order valence-electron chi connectivity index (χ0n) is 14.9. The molecule has 0 aromatic carbocycles. The predicted octanol–water partition coefficient (Wildman–Crippen LogP) is 5.94. The molecule has 0 aliphatic carbocycles. The van der Waals surface area contributed by atoms with Crippen molar-refractivity contribution in [3.8, 4) is 12.1 Å². The molecule has 0 heterocycles. The standard InChI is InChI=1S/C18H32N4/c1-5-9-11-13-17(7-3,15-19)21-22-18(8-4,16-20)14-12-10-6-2/h5-14H2,1-4H3/b22-21+. The van der Waals surface area contributed by atoms with Crippen LogP contribution in [0.1, 0.15) is 91.9 Å². The maximum absolute atomic E-state index is 9.55. The zero-order valence-corrected chi connectivity index (χ0v) is 14.9. The molecule has 0 radical (unpaired) electrons. The molecule has 4 heteroatoms. The summed E-state index contributed by atoms with van der Waals surface area (Å²) in [5, 5.41) is 27.9. The molecule has 0 amide bonds. The van der Waals surface area contributed by atoms with E-state index < -0.39 is 11.1 Å². The Kier molecular flexibility index (Phi) is 10.5. The van der Waals surface area contributed by atoms with Crippen LogP contribution in [0.25, 0.3) is 0 Å². The molecule has 0 aromatic rings. The van der Waals surface area contributed by atoms with Crippen LogP contribution in [0, 0.1) is 22.7 Å². The Hall–Kier alpha value is -1.42. The minimum Gasteiger partial charge on any atom is -0.196 e. The van der Waals surface area contributed by atoms with Crippen molar-refractivity contribution >= 4 is 0 Å². The Morgan fingerprint density at radius 3 is 1.27 bits per heavy atom. The number of rotatable bonds is 12. The summed E-state index contributed by atoms with van der Waals surface area (Å²) in [6.07, 6.45) is 9.19. The molecule has 4 nitrogen and oxygen atoms in total. The molecule has 0 saturated carbocycles. The highest BCUT2D eigenvalue weighted by atomic mass is 15.2. The van der Waals surface area contributed by atoms with Crippen LogP contribution < -0.4 is 0 Å². The number of nitriles is 2. The summed E-state index contributed by atoms with van der Waals surface area (Å²) in [7, 11) is 0. The van der Waals surface area contributed by atoms with E-state index in [9.17, 15) is 10.5 Å². The van der Waals surface area contributed by atoms with Gasteiger partial charge in [0, 0.05) is 0 Å². The minimum atomic E-state index is -0.753. The third-order valence-corrected chi connectivity index (χ3v) is 4.41. The third kappa shape index (κ3) is 6.56. The van der Waals surface area contributed by atoms with E-state index in [2.05, 4.69) is 36.2 Å². The van der Waals surface area contributed by atoms with Gasteiger partial charge in [-0.15, -0.1) is 0 Å². The first-order valence-electron chi connectivity index (χ1n) is 8.84. The summed E-state index contributed by atoms with van der Waals surface area (Å²) in [6.45, 7) is 8.25. The Bertz CT molecular complexity index is 366. The van der Waals surface area contributed by atoms with E-state index in [1.54, 1.807) is 0 Å². The van der Waals surface area contributed by atoms with E-state index in [4.69, 9.17) is 0 Å². The molecule has 0 N–H and O–H groups in total. The number of hydrogen-bond donors (Lipinski definition) is 0. The highest BCUT2D eigenvalue weighted by Gasteiger charge is 2.32. The molecule has 0 fully saturated rings. The molecule has 0 aliphatic rings. The van der Waals surface area contributed by atoms with Gasteiger partial charge in [0.1, 0.15) is 0 Å². The average molecular weight is 304 g/mol. The highest BCUT2D eigenvalue weighted by Crippen LogP contribution is 2.29. The summed E-state index contributed by atoms with van der Waals surface area (Å²) in [6, 6.07) is 4.68. The topological polar surface area (TPSA) is 72.3 Å². The van der Waals surface area contributed by atoms with Gasteiger partial charge >= 0.3 is 0 Å². The van der Waals surface area contributed by atoms with Crippen molar-refractivity contribution in [1.82, 2.24) is 0 Å². The highest BCUT2D eigenvalue weighted by molar-refractivity contribution is 5.09. The maximum Gasteiger partial charge on any atom is 0.167 e. The first kappa shape index (κ1) is 20.6. The second kappa shape index (κ2) is 11.2. The normalized spacial score (nSPS) is 16.6. The van der Waals surface area contributed by atoms with E-state index in [0.29, 0.717) is 12.8 Å². The van der Waals surface area contributed by atoms with Crippen molar-refractivity contribution in [2.75, 3.05) is 0 Å². The number of azo groups is 1. The number of nitrogens with zero attached hydrogens (tertiary/aromatic N) is 4. The van der Waals surface area contributed by atoms with Crippen LogP contribution in [0.2, 0.25) is 0 Å². The Morgan fingerprint density at radius 1 is 0.682 bits per heavy atom. The first-order chi connectivity index (χ1) is 10.6. The summed E-state index contributed by atoms with van der Waals surface area (Å²) in [5.41, 5.74) is -1.51. The largest absolute Gasteiger partial charge is 0.196 e. The van der Waals surface area contributed by atoms with E-state index in [1.165, 1.54) is 0 Å². The van der Waals surface area contributed by atoms with Crippen LogP contribution in [0.3, 0.4) is 0 Å². The van der Waals surface area contributed by atoms with Crippen molar-refractivity contribution in [3.63, 3.8) is 0 Å². The van der Waals surface area contributed by atoms with Crippen LogP contribution >= 0.6 is 0 Å². The zero-order chi connectivity index (χ0) is 16.9. The van der Waals surface area contributed by atoms with Gasteiger partial charge < -0.3 is 0 Å². The molecule has 124 valence electrons. The lowest BCUT2D eigenvalue weighted by molar-refractivity contribution is 0.381. The molecule has 22 heavy (non-hydrogen) atoms. The van der Waals surface area contributed by atoms with Crippen molar-refractivity contribution in [1.29, 1.82) is 10.5 Å². The molecule has 2 atom stereocenters. The average Bonchev–Trinajstić information content (AvgIpc) is 2.57. The molecule has 0 aromatic heterocycles. The predicted molar refractivity (Wildman–Crippen MR) is 90.4 cm³/mol. The summed E-state index contributed by atoms with van der Waals surface area (Å²) in [5.74, 6) is 0. The van der Waals surface area contributed by atoms with Crippen molar-refractivity contribution in [3.05, 3.63) is 0 Å². The van der Waals surface area contributed by atoms with E-state index >= 15 is 0 Å². The lowest BCUT2D eigenvalue weighted by atomic mass is 9.90. The third-order valence-electron chi connectivity index (χ3n) is 4.41. The van der Waals surface area contributed by atoms with Crippen LogP contribution in [-0.2, 0) is 0 Å². The van der Waals surface area contributed by atoms with E-state index in [1.807, 2.05) is 13.8 Å². The van der Waals surface area contributed by atoms with Crippen LogP contribution in [0.15, 0.2) is 10.2 Å². The quantitative estimate of drug-likeness (QED) is 0.330. The first-order valence-corrected chi connectivity index (χ1v) is 8.84. The van der Waals surface area contributed by atoms with Gasteiger partial charge in [0.2, 0.25) is 0 Å². The lowest BCUT2D eigenvalue weighted by Crippen LogP contribution is -2.27. The van der Waals surface area contributed by atoms with Gasteiger partial charge in [0.15, 0.2) is 11.1 Å². The van der Waals surface area contributed by atoms with Gasteiger partial charge in [-0.25, -0.2) is 0 Å². The van der Waals surface area contributed by atoms with Crippen molar-refractivity contribution in [2.45, 2.75) is 103 Å². The molecular weight excluding hydrogens is 272 g/mol. The fourth-order valence-corrected chi connectivity index (χ4v) is 2.44. The van der Waals surface area contributed by atoms with E-state index in [-0.39, 0.29) is 0 Å². The summed E-state index contributed by atoms with van der Waals surface area (Å²) in [4.78, 5) is 0. The van der Waals surface area contributed by atoms with Crippen LogP contribution in [0.5, 0.6) is 0 Å². The van der Waals surface area contributed by atoms with Gasteiger partial charge in [0.25, 0.3) is 0 Å². The molecule has 0 aliphatic heterocycles. The van der Waals surface area contributed by atoms with Crippen LogP contribution in [0.4, 0.5) is 0 Å². The number of hydrogen-bond acceptors (Lipinski definition) is 4. The second-order valence-corrected chi connectivity index (χ2v) is 6.11. The van der Waals surface area contributed by atoms with Gasteiger partial charge in [-0.05, 0) is 38.5 Å². The summed E-state index contributed by atoms with van der Waals surface area (Å²) < 4.78 is 0.